The summed E-state index contributed by atoms with van der Waals surface area (Å²) < 4.78 is 8.10. The van der Waals surface area contributed by atoms with Crippen LogP contribution in [0.4, 0.5) is 5.69 Å². The summed E-state index contributed by atoms with van der Waals surface area (Å²) in [5.41, 5.74) is 5.17. The zero-order chi connectivity index (χ0) is 24.4. The van der Waals surface area contributed by atoms with Crippen LogP contribution in [0.1, 0.15) is 34.5 Å². The molecule has 1 N–H and O–H groups in total. The molecule has 178 valence electrons. The van der Waals surface area contributed by atoms with Crippen molar-refractivity contribution in [3.8, 4) is 11.4 Å². The molecule has 0 radical (unpaired) electrons. The first kappa shape index (κ1) is 23.1. The summed E-state index contributed by atoms with van der Waals surface area (Å²) in [7, 11) is 0. The number of fused-ring (bicyclic) bond motifs is 1. The summed E-state index contributed by atoms with van der Waals surface area (Å²) in [6, 6.07) is 18.4. The highest BCUT2D eigenvalue weighted by molar-refractivity contribution is 7.99. The topological polar surface area (TPSA) is 103 Å². The number of aliphatic hydroxyl groups excluding tert-OH is 1. The number of ether oxygens (including phenoxy) is 1. The van der Waals surface area contributed by atoms with Gasteiger partial charge in [-0.15, -0.1) is 10.2 Å². The molecule has 0 bridgehead atoms. The second kappa shape index (κ2) is 9.89. The zero-order valence-corrected chi connectivity index (χ0v) is 20.0. The van der Waals surface area contributed by atoms with Crippen molar-refractivity contribution in [1.29, 1.82) is 0 Å². The lowest BCUT2D eigenvalue weighted by Crippen LogP contribution is -2.07. The molecule has 0 aliphatic heterocycles. The Morgan fingerprint density at radius 2 is 1.89 bits per heavy atom. The molecule has 0 fully saturated rings. The summed E-state index contributed by atoms with van der Waals surface area (Å²) in [6.45, 7) is 2.08. The summed E-state index contributed by atoms with van der Waals surface area (Å²) in [6.07, 6.45) is 3.21. The molecule has 0 saturated heterocycles. The van der Waals surface area contributed by atoms with Gasteiger partial charge in [-0.05, 0) is 84.5 Å². The Kier molecular flexibility index (Phi) is 6.52. The van der Waals surface area contributed by atoms with Gasteiger partial charge in [-0.3, -0.25) is 14.7 Å². The van der Waals surface area contributed by atoms with Crippen LogP contribution < -0.4 is 4.74 Å². The van der Waals surface area contributed by atoms with Gasteiger partial charge in [0.25, 0.3) is 5.69 Å². The van der Waals surface area contributed by atoms with E-state index < -0.39 is 4.92 Å². The molecule has 9 heteroatoms. The van der Waals surface area contributed by atoms with Crippen molar-refractivity contribution < 1.29 is 14.8 Å². The fourth-order valence-corrected chi connectivity index (χ4v) is 5.37. The van der Waals surface area contributed by atoms with Gasteiger partial charge < -0.3 is 9.84 Å². The number of aliphatic hydroxyl groups is 1. The highest BCUT2D eigenvalue weighted by Gasteiger charge is 2.22. The standard InChI is InChI=1S/C26H24N4O4S/c1-17-10-12-23(21-9-5-8-20(17)21)34-16-25-27-28-26(29(25)19-6-3-2-4-7-19)35-24-13-11-18(15-31)14-22(24)30(32)33/h2-4,6-7,10-14,31H,5,8-9,15-16H2,1H3. The highest BCUT2D eigenvalue weighted by Crippen LogP contribution is 2.37. The molecule has 4 aromatic rings. The van der Waals surface area contributed by atoms with Gasteiger partial charge in [-0.1, -0.05) is 30.3 Å². The number of hydrogen-bond acceptors (Lipinski definition) is 7. The van der Waals surface area contributed by atoms with Crippen molar-refractivity contribution in [3.63, 3.8) is 0 Å². The molecule has 8 nitrogen and oxygen atoms in total. The van der Waals surface area contributed by atoms with E-state index in [1.807, 2.05) is 41.0 Å². The number of nitrogens with zero attached hydrogens (tertiary/aromatic N) is 4. The Balaban J connectivity index is 1.49. The second-order valence-corrected chi connectivity index (χ2v) is 9.38. The lowest BCUT2D eigenvalue weighted by molar-refractivity contribution is -0.387. The monoisotopic (exact) mass is 488 g/mol. The van der Waals surface area contributed by atoms with E-state index in [-0.39, 0.29) is 18.9 Å². The summed E-state index contributed by atoms with van der Waals surface area (Å²) in [5, 5.41) is 30.3. The van der Waals surface area contributed by atoms with Gasteiger partial charge in [-0.2, -0.15) is 0 Å². The van der Waals surface area contributed by atoms with E-state index in [2.05, 4.69) is 23.2 Å². The third-order valence-electron chi connectivity index (χ3n) is 6.15. The van der Waals surface area contributed by atoms with Crippen molar-refractivity contribution in [2.75, 3.05) is 0 Å². The predicted octanol–water partition coefficient (Wildman–Crippen LogP) is 5.20. The van der Waals surface area contributed by atoms with Gasteiger partial charge >= 0.3 is 0 Å². The average Bonchev–Trinajstić information content (AvgIpc) is 3.52. The quantitative estimate of drug-likeness (QED) is 0.269. The summed E-state index contributed by atoms with van der Waals surface area (Å²) in [5.74, 6) is 1.47. The molecule has 5 rings (SSSR count). The van der Waals surface area contributed by atoms with Gasteiger partial charge in [0.15, 0.2) is 5.82 Å². The van der Waals surface area contributed by atoms with Crippen LogP contribution in [0.15, 0.2) is 70.7 Å². The number of benzene rings is 3. The first-order valence-corrected chi connectivity index (χ1v) is 12.2. The highest BCUT2D eigenvalue weighted by atomic mass is 32.2. The largest absolute Gasteiger partial charge is 0.485 e. The van der Waals surface area contributed by atoms with E-state index in [9.17, 15) is 15.2 Å². The van der Waals surface area contributed by atoms with Crippen LogP contribution >= 0.6 is 11.8 Å². The summed E-state index contributed by atoms with van der Waals surface area (Å²) in [4.78, 5) is 11.6. The molecule has 0 atom stereocenters. The van der Waals surface area contributed by atoms with Crippen LogP contribution in [0.2, 0.25) is 0 Å². The minimum absolute atomic E-state index is 0.0859. The van der Waals surface area contributed by atoms with E-state index in [4.69, 9.17) is 4.74 Å². The number of aromatic nitrogens is 3. The Hall–Kier alpha value is -3.69. The minimum atomic E-state index is -0.452. The number of nitro groups is 1. The van der Waals surface area contributed by atoms with Crippen LogP contribution in [-0.2, 0) is 26.1 Å². The van der Waals surface area contributed by atoms with E-state index in [0.29, 0.717) is 21.4 Å². The Morgan fingerprint density at radius 3 is 2.66 bits per heavy atom. The predicted molar refractivity (Wildman–Crippen MR) is 132 cm³/mol. The van der Waals surface area contributed by atoms with Crippen LogP contribution in [0.3, 0.4) is 0 Å². The maximum absolute atomic E-state index is 11.7. The van der Waals surface area contributed by atoms with Crippen molar-refractivity contribution in [1.82, 2.24) is 14.8 Å². The van der Waals surface area contributed by atoms with Crippen LogP contribution in [0.5, 0.6) is 5.75 Å². The van der Waals surface area contributed by atoms with Gasteiger partial charge in [0, 0.05) is 11.8 Å². The number of para-hydroxylation sites is 1. The molecule has 0 amide bonds. The van der Waals surface area contributed by atoms with E-state index in [0.717, 1.165) is 42.5 Å². The maximum Gasteiger partial charge on any atom is 0.283 e. The molecule has 1 aromatic heterocycles. The van der Waals surface area contributed by atoms with Gasteiger partial charge in [0.05, 0.1) is 16.4 Å². The Bertz CT molecular complexity index is 1390. The number of rotatable bonds is 8. The third kappa shape index (κ3) is 4.65. The van der Waals surface area contributed by atoms with Crippen molar-refractivity contribution in [3.05, 3.63) is 98.9 Å². The summed E-state index contributed by atoms with van der Waals surface area (Å²) >= 11 is 1.16. The lowest BCUT2D eigenvalue weighted by Gasteiger charge is -2.14. The van der Waals surface area contributed by atoms with Gasteiger partial charge in [-0.25, -0.2) is 0 Å². The molecule has 1 heterocycles. The first-order chi connectivity index (χ1) is 17.0. The molecule has 3 aromatic carbocycles. The zero-order valence-electron chi connectivity index (χ0n) is 19.2. The Morgan fingerprint density at radius 1 is 1.09 bits per heavy atom. The van der Waals surface area contributed by atoms with Crippen LogP contribution in [-0.4, -0.2) is 24.8 Å². The lowest BCUT2D eigenvalue weighted by atomic mass is 10.0. The normalized spacial score (nSPS) is 12.5. The minimum Gasteiger partial charge on any atom is -0.485 e. The van der Waals surface area contributed by atoms with Gasteiger partial charge in [0.1, 0.15) is 12.4 Å². The van der Waals surface area contributed by atoms with Crippen LogP contribution in [0.25, 0.3) is 5.69 Å². The first-order valence-electron chi connectivity index (χ1n) is 11.3. The van der Waals surface area contributed by atoms with Crippen molar-refractivity contribution >= 4 is 17.4 Å². The van der Waals surface area contributed by atoms with Crippen molar-refractivity contribution in [2.24, 2.45) is 0 Å². The fourth-order valence-electron chi connectivity index (χ4n) is 4.42. The van der Waals surface area contributed by atoms with Gasteiger partial charge in [0.2, 0.25) is 5.16 Å². The maximum atomic E-state index is 11.7. The van der Waals surface area contributed by atoms with Crippen molar-refractivity contribution in [2.45, 2.75) is 49.5 Å². The molecule has 1 aliphatic carbocycles. The third-order valence-corrected chi connectivity index (χ3v) is 7.16. The number of aryl methyl sites for hydroxylation is 1. The number of hydrogen-bond donors (Lipinski definition) is 1. The Labute approximate surface area is 206 Å². The SMILES string of the molecule is Cc1ccc(OCc2nnc(Sc3ccc(CO)cc3[N+](=O)[O-])n2-c2ccccc2)c2c1CCC2. The van der Waals surface area contributed by atoms with Crippen LogP contribution in [0, 0.1) is 17.0 Å². The number of nitro benzene ring substituents is 1. The molecule has 35 heavy (non-hydrogen) atoms. The fraction of sp³-hybridized carbons (Fsp3) is 0.231. The molecular weight excluding hydrogens is 464 g/mol. The molecule has 0 unspecified atom stereocenters. The molecule has 1 aliphatic rings. The van der Waals surface area contributed by atoms with E-state index >= 15 is 0 Å². The smallest absolute Gasteiger partial charge is 0.283 e. The van der Waals surface area contributed by atoms with E-state index in [1.165, 1.54) is 22.8 Å². The molecule has 0 spiro atoms. The van der Waals surface area contributed by atoms with E-state index in [1.54, 1.807) is 12.1 Å². The average molecular weight is 489 g/mol. The molecule has 0 saturated carbocycles. The second-order valence-electron chi connectivity index (χ2n) is 8.37. The molecular formula is C26H24N4O4S.